The van der Waals surface area contributed by atoms with Crippen LogP contribution in [0.1, 0.15) is 47.2 Å². The van der Waals surface area contributed by atoms with Crippen LogP contribution in [0.5, 0.6) is 0 Å². The maximum atomic E-state index is 2.52. The molecule has 0 radical (unpaired) electrons. The predicted octanol–water partition coefficient (Wildman–Crippen LogP) is 20.3. The fourth-order valence-corrected chi connectivity index (χ4v) is 15.2. The molecular formula is C74H49NS. The molecule has 1 spiro atoms. The molecule has 0 atom stereocenters. The third kappa shape index (κ3) is 5.96. The zero-order valence-electron chi connectivity index (χ0n) is 42.2. The third-order valence-corrected chi connectivity index (χ3v) is 18.5. The van der Waals surface area contributed by atoms with Crippen molar-refractivity contribution in [3.63, 3.8) is 0 Å². The Labute approximate surface area is 447 Å². The van der Waals surface area contributed by atoms with Crippen molar-refractivity contribution in [1.29, 1.82) is 0 Å². The number of anilines is 3. The van der Waals surface area contributed by atoms with Crippen LogP contribution in [0.25, 0.3) is 97.7 Å². The summed E-state index contributed by atoms with van der Waals surface area (Å²) in [6.07, 6.45) is 0. The van der Waals surface area contributed by atoms with Gasteiger partial charge in [0, 0.05) is 48.0 Å². The van der Waals surface area contributed by atoms with Crippen LogP contribution in [0.3, 0.4) is 0 Å². The second-order valence-corrected chi connectivity index (χ2v) is 22.5. The Morgan fingerprint density at radius 1 is 0.303 bits per heavy atom. The third-order valence-electron chi connectivity index (χ3n) is 17.3. The summed E-state index contributed by atoms with van der Waals surface area (Å²) in [5, 5.41) is 5.16. The number of rotatable bonds is 6. The molecule has 0 amide bonds. The molecule has 12 aromatic carbocycles. The van der Waals surface area contributed by atoms with Crippen LogP contribution in [0.2, 0.25) is 0 Å². The van der Waals surface area contributed by atoms with Crippen LogP contribution in [-0.2, 0) is 10.8 Å². The van der Waals surface area contributed by atoms with Crippen LogP contribution in [0.4, 0.5) is 17.1 Å². The monoisotopic (exact) mass is 983 g/mol. The topological polar surface area (TPSA) is 3.24 Å². The van der Waals surface area contributed by atoms with E-state index in [0.29, 0.717) is 0 Å². The zero-order chi connectivity index (χ0) is 50.3. The van der Waals surface area contributed by atoms with Gasteiger partial charge in [-0.1, -0.05) is 232 Å². The summed E-state index contributed by atoms with van der Waals surface area (Å²) in [5.41, 5.74) is 26.1. The van der Waals surface area contributed by atoms with Crippen LogP contribution in [0.15, 0.2) is 261 Å². The smallest absolute Gasteiger partial charge is 0.0726 e. The van der Waals surface area contributed by atoms with Gasteiger partial charge in [-0.15, -0.1) is 11.3 Å². The second kappa shape index (κ2) is 16.2. The maximum absolute atomic E-state index is 2.52. The molecule has 1 aromatic heterocycles. The van der Waals surface area contributed by atoms with E-state index < -0.39 is 5.41 Å². The lowest BCUT2D eigenvalue weighted by atomic mass is 9.70. The molecule has 1 heterocycles. The Morgan fingerprint density at radius 2 is 0.724 bits per heavy atom. The van der Waals surface area contributed by atoms with E-state index in [1.54, 1.807) is 0 Å². The molecule has 0 fully saturated rings. The summed E-state index contributed by atoms with van der Waals surface area (Å²) >= 11 is 1.91. The first-order valence-electron chi connectivity index (χ1n) is 26.6. The molecule has 0 bridgehead atoms. The highest BCUT2D eigenvalue weighted by Crippen LogP contribution is 2.64. The lowest BCUT2D eigenvalue weighted by Crippen LogP contribution is -2.26. The molecule has 76 heavy (non-hydrogen) atoms. The van der Waals surface area contributed by atoms with Gasteiger partial charge in [0.05, 0.1) is 5.41 Å². The molecule has 3 aliphatic rings. The van der Waals surface area contributed by atoms with E-state index in [4.69, 9.17) is 0 Å². The average Bonchev–Trinajstić information content (AvgIpc) is 4.39. The van der Waals surface area contributed by atoms with Crippen molar-refractivity contribution in [3.05, 3.63) is 294 Å². The molecule has 3 aliphatic carbocycles. The van der Waals surface area contributed by atoms with Crippen molar-refractivity contribution in [2.24, 2.45) is 0 Å². The summed E-state index contributed by atoms with van der Waals surface area (Å²) < 4.78 is 2.63. The van der Waals surface area contributed by atoms with E-state index in [9.17, 15) is 0 Å². The van der Waals surface area contributed by atoms with Crippen molar-refractivity contribution in [2.75, 3.05) is 4.90 Å². The molecule has 0 saturated heterocycles. The van der Waals surface area contributed by atoms with E-state index in [0.717, 1.165) is 17.1 Å². The maximum Gasteiger partial charge on any atom is 0.0726 e. The van der Waals surface area contributed by atoms with Crippen molar-refractivity contribution < 1.29 is 0 Å². The van der Waals surface area contributed by atoms with Gasteiger partial charge in [0.1, 0.15) is 0 Å². The number of thiophene rings is 1. The molecule has 0 N–H and O–H groups in total. The summed E-state index contributed by atoms with van der Waals surface area (Å²) in [7, 11) is 0. The van der Waals surface area contributed by atoms with Gasteiger partial charge >= 0.3 is 0 Å². The lowest BCUT2D eigenvalue weighted by molar-refractivity contribution is 0.660. The molecule has 356 valence electrons. The zero-order valence-corrected chi connectivity index (χ0v) is 43.0. The van der Waals surface area contributed by atoms with Gasteiger partial charge in [0.2, 0.25) is 0 Å². The van der Waals surface area contributed by atoms with Gasteiger partial charge in [0.25, 0.3) is 0 Å². The highest BCUT2D eigenvalue weighted by atomic mass is 32.1. The molecule has 13 aromatic rings. The number of hydrogen-bond acceptors (Lipinski definition) is 2. The molecule has 0 aliphatic heterocycles. The Bertz CT molecular complexity index is 4470. The molecule has 1 nitrogen and oxygen atoms in total. The largest absolute Gasteiger partial charge is 0.310 e. The number of benzene rings is 12. The fraction of sp³-hybridized carbons (Fsp3) is 0.0541. The van der Waals surface area contributed by atoms with Gasteiger partial charge in [-0.05, 0) is 148 Å². The molecule has 2 heteroatoms. The van der Waals surface area contributed by atoms with Gasteiger partial charge < -0.3 is 4.90 Å². The van der Waals surface area contributed by atoms with Gasteiger partial charge in [-0.25, -0.2) is 0 Å². The van der Waals surface area contributed by atoms with E-state index >= 15 is 0 Å². The van der Waals surface area contributed by atoms with Crippen LogP contribution in [0, 0.1) is 0 Å². The minimum Gasteiger partial charge on any atom is -0.310 e. The fourth-order valence-electron chi connectivity index (χ4n) is 14.0. The Kier molecular flexibility index (Phi) is 9.24. The highest BCUT2D eigenvalue weighted by molar-refractivity contribution is 7.26. The Morgan fingerprint density at radius 3 is 1.36 bits per heavy atom. The van der Waals surface area contributed by atoms with E-state index in [2.05, 4.69) is 280 Å². The first-order valence-corrected chi connectivity index (χ1v) is 27.4. The van der Waals surface area contributed by atoms with Gasteiger partial charge in [-0.2, -0.15) is 0 Å². The molecule has 16 rings (SSSR count). The Balaban J connectivity index is 0.923. The normalized spacial score (nSPS) is 13.9. The average molecular weight is 984 g/mol. The molecule has 0 unspecified atom stereocenters. The first-order chi connectivity index (χ1) is 37.5. The predicted molar refractivity (Wildman–Crippen MR) is 322 cm³/mol. The molecule has 0 saturated carbocycles. The summed E-state index contributed by atoms with van der Waals surface area (Å²) in [6.45, 7) is 4.77. The minimum atomic E-state index is -0.465. The van der Waals surface area contributed by atoms with Crippen LogP contribution >= 0.6 is 11.3 Å². The van der Waals surface area contributed by atoms with Crippen LogP contribution in [-0.4, -0.2) is 0 Å². The number of fused-ring (bicyclic) bond motifs is 18. The number of nitrogens with zero attached hydrogens (tertiary/aromatic N) is 1. The van der Waals surface area contributed by atoms with Gasteiger partial charge in [0.15, 0.2) is 0 Å². The Hall–Kier alpha value is -9.08. The minimum absolute atomic E-state index is 0.167. The highest BCUT2D eigenvalue weighted by Gasteiger charge is 2.51. The summed E-state index contributed by atoms with van der Waals surface area (Å²) in [6, 6.07) is 98.3. The van der Waals surface area contributed by atoms with Gasteiger partial charge in [-0.3, -0.25) is 0 Å². The lowest BCUT2D eigenvalue weighted by Gasteiger charge is -2.32. The van der Waals surface area contributed by atoms with E-state index in [1.165, 1.54) is 131 Å². The SMILES string of the molecule is CC1(C)c2ccccc2-c2ccc(N(c3ccc(-c4c(-c5ccc(-c6ccccc6)cc5)c5c6ccccc6sc5c5ccccc45)cc3)c3ccc4c(c3)C3(c5ccccc5-c5ccccc53)c3ccccc3-4)cc21. The quantitative estimate of drug-likeness (QED) is 0.160. The molecular weight excluding hydrogens is 935 g/mol. The van der Waals surface area contributed by atoms with Crippen molar-refractivity contribution in [1.82, 2.24) is 0 Å². The number of hydrogen-bond donors (Lipinski definition) is 0. The van der Waals surface area contributed by atoms with Crippen molar-refractivity contribution >= 4 is 59.3 Å². The van der Waals surface area contributed by atoms with E-state index in [1.807, 2.05) is 11.3 Å². The van der Waals surface area contributed by atoms with Crippen molar-refractivity contribution in [2.45, 2.75) is 24.7 Å². The standard InChI is InChI=1S/C74H49NS/c1-73(2)62-27-13-8-20-53(62)57-42-40-51(44-66(57)73)75(52-41-43-58-56-23-11-16-30-65(56)74(67(58)45-52)63-28-14-9-21-54(63)55-22-10-15-29-64(55)74)50-38-36-48(37-39-50)69-59-24-6-7-25-60(59)72-71(61-26-12-17-31-68(61)76-72)70(69)49-34-32-47(33-35-49)46-18-4-3-5-19-46/h3-45H,1-2H3. The summed E-state index contributed by atoms with van der Waals surface area (Å²) in [4.78, 5) is 2.52. The second-order valence-electron chi connectivity index (χ2n) is 21.4. The van der Waals surface area contributed by atoms with Crippen molar-refractivity contribution in [3.8, 4) is 66.8 Å². The van der Waals surface area contributed by atoms with E-state index in [-0.39, 0.29) is 5.41 Å². The van der Waals surface area contributed by atoms with Crippen LogP contribution < -0.4 is 4.90 Å². The first kappa shape index (κ1) is 43.3. The summed E-state index contributed by atoms with van der Waals surface area (Å²) in [5.74, 6) is 0.